The highest BCUT2D eigenvalue weighted by Gasteiger charge is 2.26. The predicted molar refractivity (Wildman–Crippen MR) is 80.5 cm³/mol. The Morgan fingerprint density at radius 1 is 1.33 bits per heavy atom. The zero-order valence-corrected chi connectivity index (χ0v) is 12.4. The predicted octanol–water partition coefficient (Wildman–Crippen LogP) is 2.48. The molecule has 0 atom stereocenters. The largest absolute Gasteiger partial charge is 0.490 e. The third-order valence-corrected chi connectivity index (χ3v) is 3.10. The van der Waals surface area contributed by atoms with Crippen LogP contribution in [0.2, 0.25) is 0 Å². The maximum atomic E-state index is 11.9. The zero-order valence-electron chi connectivity index (χ0n) is 12.4. The molecule has 2 N–H and O–H groups in total. The van der Waals surface area contributed by atoms with Crippen LogP contribution in [0, 0.1) is 5.41 Å². The van der Waals surface area contributed by atoms with Crippen molar-refractivity contribution in [2.24, 2.45) is 5.41 Å². The van der Waals surface area contributed by atoms with Gasteiger partial charge < -0.3 is 15.2 Å². The summed E-state index contributed by atoms with van der Waals surface area (Å²) in [5.74, 6) is -0.439. The Morgan fingerprint density at radius 2 is 1.95 bits per heavy atom. The van der Waals surface area contributed by atoms with Crippen molar-refractivity contribution >= 4 is 11.9 Å². The molecule has 0 heterocycles. The fraction of sp³-hybridized carbons (Fsp3) is 0.375. The van der Waals surface area contributed by atoms with Gasteiger partial charge in [-0.05, 0) is 44.5 Å². The second kappa shape index (κ2) is 7.47. The Hall–Kier alpha value is -2.30. The van der Waals surface area contributed by atoms with Crippen LogP contribution in [0.5, 0.6) is 5.75 Å². The lowest BCUT2D eigenvalue weighted by Gasteiger charge is -2.18. The molecule has 1 rings (SSSR count). The van der Waals surface area contributed by atoms with Gasteiger partial charge in [0.15, 0.2) is 0 Å². The first-order valence-electron chi connectivity index (χ1n) is 6.72. The van der Waals surface area contributed by atoms with Crippen LogP contribution in [0.4, 0.5) is 0 Å². The molecule has 0 aliphatic carbocycles. The molecule has 0 spiro atoms. The van der Waals surface area contributed by atoms with E-state index in [1.54, 1.807) is 44.2 Å². The Labute approximate surface area is 124 Å². The first-order valence-corrected chi connectivity index (χ1v) is 6.72. The standard InChI is InChI=1S/C16H21NO4/c1-4-11-21-13-7-5-12(6-8-13)14(18)17-10-9-16(2,3)15(19)20/h4-8H,1,9-11H2,2-3H3,(H,17,18)(H,19,20). The van der Waals surface area contributed by atoms with E-state index in [0.29, 0.717) is 30.9 Å². The topological polar surface area (TPSA) is 75.6 Å². The molecule has 0 bridgehead atoms. The quantitative estimate of drug-likeness (QED) is 0.721. The van der Waals surface area contributed by atoms with Crippen molar-refractivity contribution in [2.45, 2.75) is 20.3 Å². The molecule has 0 fully saturated rings. The summed E-state index contributed by atoms with van der Waals surface area (Å²) in [6, 6.07) is 6.74. The number of hydrogen-bond donors (Lipinski definition) is 2. The van der Waals surface area contributed by atoms with Crippen molar-refractivity contribution in [1.82, 2.24) is 5.32 Å². The number of amides is 1. The van der Waals surface area contributed by atoms with Crippen LogP contribution in [0.1, 0.15) is 30.6 Å². The molecule has 5 nitrogen and oxygen atoms in total. The lowest BCUT2D eigenvalue weighted by Crippen LogP contribution is -2.31. The first kappa shape index (κ1) is 16.8. The Morgan fingerprint density at radius 3 is 2.48 bits per heavy atom. The molecule has 1 aromatic rings. The van der Waals surface area contributed by atoms with Crippen molar-refractivity contribution in [3.05, 3.63) is 42.5 Å². The van der Waals surface area contributed by atoms with Crippen LogP contribution in [0.15, 0.2) is 36.9 Å². The molecule has 1 aromatic carbocycles. The van der Waals surface area contributed by atoms with Crippen molar-refractivity contribution in [3.8, 4) is 5.75 Å². The van der Waals surface area contributed by atoms with Crippen LogP contribution < -0.4 is 10.1 Å². The molecule has 0 radical (unpaired) electrons. The molecule has 0 aromatic heterocycles. The highest BCUT2D eigenvalue weighted by atomic mass is 16.5. The number of hydrogen-bond acceptors (Lipinski definition) is 3. The summed E-state index contributed by atoms with van der Waals surface area (Å²) < 4.78 is 5.33. The molecule has 0 aliphatic rings. The average molecular weight is 291 g/mol. The second-order valence-corrected chi connectivity index (χ2v) is 5.32. The van der Waals surface area contributed by atoms with Crippen LogP contribution in [-0.2, 0) is 4.79 Å². The van der Waals surface area contributed by atoms with Crippen LogP contribution >= 0.6 is 0 Å². The van der Waals surface area contributed by atoms with E-state index in [0.717, 1.165) is 0 Å². The summed E-state index contributed by atoms with van der Waals surface area (Å²) in [6.45, 7) is 7.55. The summed E-state index contributed by atoms with van der Waals surface area (Å²) in [4.78, 5) is 22.9. The first-order chi connectivity index (χ1) is 9.86. The number of carboxylic acid groups (broad SMARTS) is 1. The minimum Gasteiger partial charge on any atom is -0.490 e. The molecule has 114 valence electrons. The maximum absolute atomic E-state index is 11.9. The number of carbonyl (C=O) groups excluding carboxylic acids is 1. The van der Waals surface area contributed by atoms with Gasteiger partial charge in [0.05, 0.1) is 5.41 Å². The molecule has 21 heavy (non-hydrogen) atoms. The molecular formula is C16H21NO4. The molecule has 0 unspecified atom stereocenters. The number of nitrogens with one attached hydrogen (secondary N) is 1. The number of carbonyl (C=O) groups is 2. The van der Waals surface area contributed by atoms with Gasteiger partial charge in [-0.3, -0.25) is 9.59 Å². The fourth-order valence-electron chi connectivity index (χ4n) is 1.56. The summed E-state index contributed by atoms with van der Waals surface area (Å²) in [7, 11) is 0. The average Bonchev–Trinajstić information content (AvgIpc) is 2.45. The molecule has 0 saturated heterocycles. The number of benzene rings is 1. The third kappa shape index (κ3) is 5.30. The van der Waals surface area contributed by atoms with Crippen molar-refractivity contribution < 1.29 is 19.4 Å². The Bertz CT molecular complexity index is 506. The van der Waals surface area contributed by atoms with E-state index >= 15 is 0 Å². The molecule has 0 saturated carbocycles. The van der Waals surface area contributed by atoms with Crippen molar-refractivity contribution in [1.29, 1.82) is 0 Å². The van der Waals surface area contributed by atoms with Gasteiger partial charge in [-0.2, -0.15) is 0 Å². The Balaban J connectivity index is 2.49. The van der Waals surface area contributed by atoms with E-state index in [2.05, 4.69) is 11.9 Å². The highest BCUT2D eigenvalue weighted by Crippen LogP contribution is 2.19. The SMILES string of the molecule is C=CCOc1ccc(C(=O)NCCC(C)(C)C(=O)O)cc1. The third-order valence-electron chi connectivity index (χ3n) is 3.10. The minimum atomic E-state index is -0.875. The van der Waals surface area contributed by atoms with E-state index < -0.39 is 11.4 Å². The van der Waals surface area contributed by atoms with Gasteiger partial charge >= 0.3 is 5.97 Å². The van der Waals surface area contributed by atoms with Gasteiger partial charge in [-0.25, -0.2) is 0 Å². The Kier molecular flexibility index (Phi) is 5.96. The minimum absolute atomic E-state index is 0.230. The van der Waals surface area contributed by atoms with E-state index in [4.69, 9.17) is 9.84 Å². The number of rotatable bonds is 8. The van der Waals surface area contributed by atoms with Crippen LogP contribution in [0.3, 0.4) is 0 Å². The molecule has 5 heteroatoms. The lowest BCUT2D eigenvalue weighted by molar-refractivity contribution is -0.147. The van der Waals surface area contributed by atoms with Gasteiger partial charge in [0, 0.05) is 12.1 Å². The van der Waals surface area contributed by atoms with Gasteiger partial charge in [-0.15, -0.1) is 0 Å². The fourth-order valence-corrected chi connectivity index (χ4v) is 1.56. The van der Waals surface area contributed by atoms with E-state index in [-0.39, 0.29) is 5.91 Å². The number of carboxylic acids is 1. The number of ether oxygens (including phenoxy) is 1. The zero-order chi connectivity index (χ0) is 15.9. The number of aliphatic carboxylic acids is 1. The summed E-state index contributed by atoms with van der Waals surface area (Å²) in [5, 5.41) is 11.7. The van der Waals surface area contributed by atoms with Gasteiger partial charge in [0.25, 0.3) is 5.91 Å². The summed E-state index contributed by atoms with van der Waals surface area (Å²) in [5.41, 5.74) is -0.343. The summed E-state index contributed by atoms with van der Waals surface area (Å²) >= 11 is 0. The smallest absolute Gasteiger partial charge is 0.309 e. The van der Waals surface area contributed by atoms with Crippen molar-refractivity contribution in [3.63, 3.8) is 0 Å². The van der Waals surface area contributed by atoms with Gasteiger partial charge in [0.2, 0.25) is 0 Å². The lowest BCUT2D eigenvalue weighted by atomic mass is 9.90. The second-order valence-electron chi connectivity index (χ2n) is 5.32. The van der Waals surface area contributed by atoms with E-state index in [1.165, 1.54) is 0 Å². The van der Waals surface area contributed by atoms with Crippen LogP contribution in [0.25, 0.3) is 0 Å². The maximum Gasteiger partial charge on any atom is 0.309 e. The van der Waals surface area contributed by atoms with Crippen molar-refractivity contribution in [2.75, 3.05) is 13.2 Å². The summed E-state index contributed by atoms with van der Waals surface area (Å²) in [6.07, 6.45) is 2.01. The van der Waals surface area contributed by atoms with E-state index in [1.807, 2.05) is 0 Å². The van der Waals surface area contributed by atoms with Gasteiger partial charge in [-0.1, -0.05) is 12.7 Å². The molecule has 0 aliphatic heterocycles. The molecular weight excluding hydrogens is 270 g/mol. The highest BCUT2D eigenvalue weighted by molar-refractivity contribution is 5.94. The van der Waals surface area contributed by atoms with Gasteiger partial charge in [0.1, 0.15) is 12.4 Å². The normalized spacial score (nSPS) is 10.8. The monoisotopic (exact) mass is 291 g/mol. The molecule has 1 amide bonds. The van der Waals surface area contributed by atoms with Crippen LogP contribution in [-0.4, -0.2) is 30.1 Å². The van der Waals surface area contributed by atoms with E-state index in [9.17, 15) is 9.59 Å².